The van der Waals surface area contributed by atoms with E-state index < -0.39 is 0 Å². The molecule has 0 aliphatic heterocycles. The second-order valence-corrected chi connectivity index (χ2v) is 7.74. The molecule has 1 nitrogen and oxygen atoms in total. The van der Waals surface area contributed by atoms with Gasteiger partial charge in [0.1, 0.15) is 5.82 Å². The normalized spacial score (nSPS) is 26.9. The Kier molecular flexibility index (Phi) is 5.32. The summed E-state index contributed by atoms with van der Waals surface area (Å²) in [6.07, 6.45) is 4.66. The Bertz CT molecular complexity index is 486. The Balaban J connectivity index is 2.14. The predicted octanol–water partition coefficient (Wildman–Crippen LogP) is 5.07. The third kappa shape index (κ3) is 3.98. The van der Waals surface area contributed by atoms with Gasteiger partial charge >= 0.3 is 0 Å². The van der Waals surface area contributed by atoms with E-state index in [1.165, 1.54) is 19.3 Å². The highest BCUT2D eigenvalue weighted by molar-refractivity contribution is 6.30. The van der Waals surface area contributed by atoms with Gasteiger partial charge in [-0.15, -0.1) is 0 Å². The highest BCUT2D eigenvalue weighted by atomic mass is 35.5. The first-order chi connectivity index (χ1) is 9.83. The molecule has 3 atom stereocenters. The van der Waals surface area contributed by atoms with Crippen molar-refractivity contribution < 1.29 is 4.39 Å². The molecule has 1 saturated carbocycles. The summed E-state index contributed by atoms with van der Waals surface area (Å²) in [5.41, 5.74) is 1.18. The number of benzene rings is 1. The number of halogens is 2. The van der Waals surface area contributed by atoms with E-state index in [0.717, 1.165) is 17.9 Å². The van der Waals surface area contributed by atoms with E-state index in [1.54, 1.807) is 12.1 Å². The largest absolute Gasteiger partial charge is 0.317 e. The van der Waals surface area contributed by atoms with Gasteiger partial charge in [-0.05, 0) is 61.3 Å². The Labute approximate surface area is 133 Å². The summed E-state index contributed by atoms with van der Waals surface area (Å²) in [5.74, 6) is 1.10. The summed E-state index contributed by atoms with van der Waals surface area (Å²) < 4.78 is 13.6. The quantitative estimate of drug-likeness (QED) is 0.818. The van der Waals surface area contributed by atoms with Crippen molar-refractivity contribution in [3.8, 4) is 0 Å². The zero-order valence-electron chi connectivity index (χ0n) is 13.5. The fourth-order valence-electron chi connectivity index (χ4n) is 3.94. The molecule has 0 saturated heterocycles. The zero-order valence-corrected chi connectivity index (χ0v) is 14.3. The lowest BCUT2D eigenvalue weighted by atomic mass is 9.64. The lowest BCUT2D eigenvalue weighted by Crippen LogP contribution is -2.46. The maximum Gasteiger partial charge on any atom is 0.142 e. The van der Waals surface area contributed by atoms with Crippen molar-refractivity contribution in [1.29, 1.82) is 0 Å². The van der Waals surface area contributed by atoms with Crippen molar-refractivity contribution in [3.05, 3.63) is 34.6 Å². The van der Waals surface area contributed by atoms with Gasteiger partial charge in [0.25, 0.3) is 0 Å². The molecule has 1 aliphatic carbocycles. The molecule has 0 aromatic heterocycles. The third-order valence-corrected chi connectivity index (χ3v) is 5.44. The summed E-state index contributed by atoms with van der Waals surface area (Å²) in [7, 11) is 2.06. The Morgan fingerprint density at radius 3 is 2.67 bits per heavy atom. The minimum atomic E-state index is -0.313. The molecule has 1 fully saturated rings. The van der Waals surface area contributed by atoms with Gasteiger partial charge in [-0.2, -0.15) is 0 Å². The van der Waals surface area contributed by atoms with Crippen LogP contribution in [0.5, 0.6) is 0 Å². The van der Waals surface area contributed by atoms with Gasteiger partial charge in [0.05, 0.1) is 5.02 Å². The van der Waals surface area contributed by atoms with Gasteiger partial charge in [-0.3, -0.25) is 0 Å². The molecule has 118 valence electrons. The number of hydrogen-bond acceptors (Lipinski definition) is 1. The fourth-order valence-corrected chi connectivity index (χ4v) is 4.06. The molecule has 0 radical (unpaired) electrons. The molecule has 2 rings (SSSR count). The maximum atomic E-state index is 13.6. The van der Waals surface area contributed by atoms with Gasteiger partial charge in [0.15, 0.2) is 0 Å². The zero-order chi connectivity index (χ0) is 15.6. The van der Waals surface area contributed by atoms with Gasteiger partial charge in [0, 0.05) is 6.04 Å². The summed E-state index contributed by atoms with van der Waals surface area (Å²) in [6.45, 7) is 6.96. The maximum absolute atomic E-state index is 13.6. The molecular formula is C18H27ClFN. The lowest BCUT2D eigenvalue weighted by molar-refractivity contribution is 0.0980. The second-order valence-electron chi connectivity index (χ2n) is 7.33. The summed E-state index contributed by atoms with van der Waals surface area (Å²) in [6, 6.07) is 5.76. The molecule has 1 aromatic rings. The van der Waals surface area contributed by atoms with Crippen LogP contribution in [0.15, 0.2) is 18.2 Å². The Hall–Kier alpha value is -0.600. The molecule has 3 heteroatoms. The van der Waals surface area contributed by atoms with Gasteiger partial charge in [-0.25, -0.2) is 4.39 Å². The van der Waals surface area contributed by atoms with Gasteiger partial charge < -0.3 is 5.32 Å². The van der Waals surface area contributed by atoms with E-state index in [9.17, 15) is 4.39 Å². The van der Waals surface area contributed by atoms with E-state index in [1.807, 2.05) is 6.07 Å². The first-order valence-electron chi connectivity index (χ1n) is 7.94. The average Bonchev–Trinajstić information content (AvgIpc) is 2.42. The van der Waals surface area contributed by atoms with E-state index in [2.05, 4.69) is 33.1 Å². The molecule has 21 heavy (non-hydrogen) atoms. The minimum absolute atomic E-state index is 0.147. The van der Waals surface area contributed by atoms with Crippen molar-refractivity contribution in [1.82, 2.24) is 5.32 Å². The molecule has 1 aromatic carbocycles. The SMILES string of the molecule is CNC1CC(C)CCC1C(C)(C)Cc1ccc(Cl)c(F)c1. The molecule has 1 N–H and O–H groups in total. The van der Waals surface area contributed by atoms with Crippen LogP contribution in [0, 0.1) is 23.1 Å². The lowest BCUT2D eigenvalue weighted by Gasteiger charge is -2.44. The van der Waals surface area contributed by atoms with E-state index in [-0.39, 0.29) is 16.3 Å². The summed E-state index contributed by atoms with van der Waals surface area (Å²) in [5, 5.41) is 3.71. The molecule has 0 amide bonds. The van der Waals surface area contributed by atoms with Crippen molar-refractivity contribution in [3.63, 3.8) is 0 Å². The summed E-state index contributed by atoms with van der Waals surface area (Å²) >= 11 is 5.78. The van der Waals surface area contributed by atoms with Gasteiger partial charge in [0.2, 0.25) is 0 Å². The third-order valence-electron chi connectivity index (χ3n) is 5.13. The first-order valence-corrected chi connectivity index (χ1v) is 8.32. The summed E-state index contributed by atoms with van der Waals surface area (Å²) in [4.78, 5) is 0. The van der Waals surface area contributed by atoms with Crippen LogP contribution in [0.3, 0.4) is 0 Å². The highest BCUT2D eigenvalue weighted by Crippen LogP contribution is 2.42. The standard InChI is InChI=1S/C18H27ClFN/c1-12-5-7-14(17(9-12)21-4)18(2,3)11-13-6-8-15(19)16(20)10-13/h6,8,10,12,14,17,21H,5,7,9,11H2,1-4H3. The van der Waals surface area contributed by atoms with Gasteiger partial charge in [-0.1, -0.05) is 44.9 Å². The Morgan fingerprint density at radius 1 is 1.33 bits per heavy atom. The van der Waals surface area contributed by atoms with Crippen molar-refractivity contribution in [2.45, 2.75) is 52.5 Å². The van der Waals surface area contributed by atoms with Crippen molar-refractivity contribution >= 4 is 11.6 Å². The molecular weight excluding hydrogens is 285 g/mol. The molecule has 0 heterocycles. The van der Waals surface area contributed by atoms with Crippen LogP contribution in [0.2, 0.25) is 5.02 Å². The number of hydrogen-bond donors (Lipinski definition) is 1. The smallest absolute Gasteiger partial charge is 0.142 e. The van der Waals surface area contributed by atoms with E-state index >= 15 is 0 Å². The topological polar surface area (TPSA) is 12.0 Å². The van der Waals surface area contributed by atoms with E-state index in [0.29, 0.717) is 12.0 Å². The highest BCUT2D eigenvalue weighted by Gasteiger charge is 2.38. The van der Waals surface area contributed by atoms with Crippen molar-refractivity contribution in [2.24, 2.45) is 17.3 Å². The second kappa shape index (κ2) is 6.66. The number of nitrogens with one attached hydrogen (secondary N) is 1. The predicted molar refractivity (Wildman–Crippen MR) is 88.2 cm³/mol. The van der Waals surface area contributed by atoms with E-state index in [4.69, 9.17) is 11.6 Å². The molecule has 0 spiro atoms. The van der Waals surface area contributed by atoms with Crippen LogP contribution >= 0.6 is 11.6 Å². The minimum Gasteiger partial charge on any atom is -0.317 e. The monoisotopic (exact) mass is 311 g/mol. The fraction of sp³-hybridized carbons (Fsp3) is 0.667. The Morgan fingerprint density at radius 2 is 2.05 bits per heavy atom. The van der Waals surface area contributed by atoms with Crippen LogP contribution in [0.25, 0.3) is 0 Å². The van der Waals surface area contributed by atoms with Crippen molar-refractivity contribution in [2.75, 3.05) is 7.05 Å². The van der Waals surface area contributed by atoms with Crippen LogP contribution in [0.1, 0.15) is 45.6 Å². The van der Waals surface area contributed by atoms with Crippen LogP contribution in [-0.4, -0.2) is 13.1 Å². The molecule has 0 bridgehead atoms. The average molecular weight is 312 g/mol. The van der Waals surface area contributed by atoms with Crippen LogP contribution in [-0.2, 0) is 6.42 Å². The molecule has 1 aliphatic rings. The molecule has 3 unspecified atom stereocenters. The number of rotatable bonds is 4. The van der Waals surface area contributed by atoms with Crippen LogP contribution < -0.4 is 5.32 Å². The van der Waals surface area contributed by atoms with Crippen LogP contribution in [0.4, 0.5) is 4.39 Å². The first kappa shape index (κ1) is 16.8.